The number of nitrogens with zero attached hydrogens (tertiary/aromatic N) is 1. The van der Waals surface area contributed by atoms with Crippen LogP contribution in [0.15, 0.2) is 0 Å². The van der Waals surface area contributed by atoms with Crippen molar-refractivity contribution in [1.29, 1.82) is 5.26 Å². The minimum absolute atomic E-state index is 0.0723. The summed E-state index contributed by atoms with van der Waals surface area (Å²) < 4.78 is 10.4. The maximum atomic E-state index is 8.87. The maximum absolute atomic E-state index is 8.87. The Morgan fingerprint density at radius 1 is 1.62 bits per heavy atom. The first-order valence-corrected chi connectivity index (χ1v) is 4.29. The molecule has 2 atom stereocenters. The highest BCUT2D eigenvalue weighted by atomic mass is 16.5. The zero-order valence-electron chi connectivity index (χ0n) is 8.41. The van der Waals surface area contributed by atoms with E-state index in [9.17, 15) is 0 Å². The molecule has 0 aromatic carbocycles. The third-order valence-electron chi connectivity index (χ3n) is 2.06. The van der Waals surface area contributed by atoms with Gasteiger partial charge in [0.2, 0.25) is 0 Å². The molecule has 0 aromatic heterocycles. The van der Waals surface area contributed by atoms with Crippen molar-refractivity contribution in [3.05, 3.63) is 0 Å². The summed E-state index contributed by atoms with van der Waals surface area (Å²) >= 11 is 0. The lowest BCUT2D eigenvalue weighted by Crippen LogP contribution is -2.40. The fourth-order valence-electron chi connectivity index (χ4n) is 0.814. The number of hydrogen-bond donors (Lipinski definition) is 1. The van der Waals surface area contributed by atoms with Gasteiger partial charge in [-0.2, -0.15) is 5.26 Å². The van der Waals surface area contributed by atoms with Gasteiger partial charge in [-0.05, 0) is 20.3 Å². The first kappa shape index (κ1) is 12.4. The lowest BCUT2D eigenvalue weighted by Gasteiger charge is -2.27. The van der Waals surface area contributed by atoms with Crippen molar-refractivity contribution in [1.82, 2.24) is 0 Å². The van der Waals surface area contributed by atoms with E-state index in [2.05, 4.69) is 6.07 Å². The molecule has 0 aliphatic heterocycles. The van der Waals surface area contributed by atoms with Crippen LogP contribution in [-0.4, -0.2) is 37.1 Å². The van der Waals surface area contributed by atoms with Crippen molar-refractivity contribution in [2.45, 2.75) is 32.0 Å². The molecule has 0 amide bonds. The maximum Gasteiger partial charge on any atom is 0.176 e. The van der Waals surface area contributed by atoms with E-state index in [0.717, 1.165) is 0 Å². The van der Waals surface area contributed by atoms with Gasteiger partial charge in [-0.15, -0.1) is 0 Å². The van der Waals surface area contributed by atoms with Crippen molar-refractivity contribution >= 4 is 0 Å². The van der Waals surface area contributed by atoms with Crippen molar-refractivity contribution in [3.8, 4) is 6.07 Å². The largest absolute Gasteiger partial charge is 0.396 e. The molecule has 0 fully saturated rings. The summed E-state index contributed by atoms with van der Waals surface area (Å²) in [6.45, 7) is 3.90. The van der Waals surface area contributed by atoms with Gasteiger partial charge in [-0.25, -0.2) is 0 Å². The predicted octanol–water partition coefficient (Wildman–Crippen LogP) is 0.703. The van der Waals surface area contributed by atoms with Gasteiger partial charge in [-0.3, -0.25) is 0 Å². The van der Waals surface area contributed by atoms with Crippen molar-refractivity contribution < 1.29 is 14.6 Å². The molecule has 0 saturated heterocycles. The van der Waals surface area contributed by atoms with Crippen LogP contribution in [0.1, 0.15) is 20.3 Å². The molecule has 0 aromatic rings. The Morgan fingerprint density at radius 2 is 2.23 bits per heavy atom. The highest BCUT2D eigenvalue weighted by Gasteiger charge is 2.32. The molecule has 0 spiro atoms. The highest BCUT2D eigenvalue weighted by Crippen LogP contribution is 2.17. The summed E-state index contributed by atoms with van der Waals surface area (Å²) in [4.78, 5) is 0. The molecule has 13 heavy (non-hydrogen) atoms. The van der Waals surface area contributed by atoms with Gasteiger partial charge >= 0.3 is 0 Å². The van der Waals surface area contributed by atoms with Gasteiger partial charge in [-0.1, -0.05) is 0 Å². The van der Waals surface area contributed by atoms with Crippen LogP contribution in [0.3, 0.4) is 0 Å². The summed E-state index contributed by atoms with van der Waals surface area (Å²) in [6, 6.07) is 2.06. The minimum Gasteiger partial charge on any atom is -0.396 e. The molecule has 0 aliphatic rings. The molecular weight excluding hydrogens is 170 g/mol. The number of methoxy groups -OCH3 is 1. The van der Waals surface area contributed by atoms with Crippen molar-refractivity contribution in [2.75, 3.05) is 20.3 Å². The van der Waals surface area contributed by atoms with Gasteiger partial charge in [0.1, 0.15) is 6.07 Å². The Labute approximate surface area is 79.1 Å². The van der Waals surface area contributed by atoms with E-state index in [1.54, 1.807) is 13.8 Å². The normalized spacial score (nSPS) is 17.5. The Balaban J connectivity index is 4.06. The van der Waals surface area contributed by atoms with Crippen LogP contribution in [-0.2, 0) is 9.47 Å². The average molecular weight is 187 g/mol. The van der Waals surface area contributed by atoms with Crippen LogP contribution >= 0.6 is 0 Å². The molecule has 0 bridgehead atoms. The molecule has 0 heterocycles. The number of aliphatic hydroxyl groups is 1. The standard InChI is InChI=1S/C9H17NO3/c1-8(12-3)9(2,7-10)13-6-4-5-11/h8,11H,4-6H2,1-3H3. The third kappa shape index (κ3) is 3.73. The van der Waals surface area contributed by atoms with E-state index in [-0.39, 0.29) is 12.7 Å². The summed E-state index contributed by atoms with van der Waals surface area (Å²) in [5, 5.41) is 17.4. The summed E-state index contributed by atoms with van der Waals surface area (Å²) in [5.41, 5.74) is -0.927. The zero-order valence-corrected chi connectivity index (χ0v) is 8.41. The second-order valence-electron chi connectivity index (χ2n) is 3.02. The Morgan fingerprint density at radius 3 is 2.62 bits per heavy atom. The Bertz CT molecular complexity index is 178. The number of hydrogen-bond acceptors (Lipinski definition) is 4. The van der Waals surface area contributed by atoms with E-state index in [1.807, 2.05) is 0 Å². The molecule has 4 nitrogen and oxygen atoms in total. The van der Waals surface area contributed by atoms with Crippen molar-refractivity contribution in [2.24, 2.45) is 0 Å². The van der Waals surface area contributed by atoms with Crippen LogP contribution in [0, 0.1) is 11.3 Å². The molecule has 0 saturated carbocycles. The van der Waals surface area contributed by atoms with E-state index in [1.165, 1.54) is 7.11 Å². The highest BCUT2D eigenvalue weighted by molar-refractivity contribution is 5.02. The summed E-state index contributed by atoms with van der Waals surface area (Å²) in [5.74, 6) is 0. The van der Waals surface area contributed by atoms with Gasteiger partial charge in [0.15, 0.2) is 5.60 Å². The Kier molecular flexibility index (Phi) is 5.63. The van der Waals surface area contributed by atoms with Gasteiger partial charge < -0.3 is 14.6 Å². The average Bonchev–Trinajstić information content (AvgIpc) is 2.16. The van der Waals surface area contributed by atoms with Gasteiger partial charge in [0.25, 0.3) is 0 Å². The van der Waals surface area contributed by atoms with Crippen LogP contribution < -0.4 is 0 Å². The number of nitriles is 1. The van der Waals surface area contributed by atoms with E-state index < -0.39 is 5.60 Å². The lowest BCUT2D eigenvalue weighted by molar-refractivity contribution is -0.0857. The second kappa shape index (κ2) is 5.92. The first-order valence-electron chi connectivity index (χ1n) is 4.29. The SMILES string of the molecule is COC(C)C(C)(C#N)OCCCO. The van der Waals surface area contributed by atoms with Crippen LogP contribution in [0.2, 0.25) is 0 Å². The van der Waals surface area contributed by atoms with E-state index >= 15 is 0 Å². The lowest BCUT2D eigenvalue weighted by atomic mass is 10.0. The van der Waals surface area contributed by atoms with Crippen LogP contribution in [0.4, 0.5) is 0 Å². The molecule has 0 aliphatic carbocycles. The quantitative estimate of drug-likeness (QED) is 0.622. The van der Waals surface area contributed by atoms with Crippen LogP contribution in [0.5, 0.6) is 0 Å². The molecule has 0 radical (unpaired) electrons. The summed E-state index contributed by atoms with van der Waals surface area (Å²) in [6.07, 6.45) is 0.254. The third-order valence-corrected chi connectivity index (χ3v) is 2.06. The summed E-state index contributed by atoms with van der Waals surface area (Å²) in [7, 11) is 1.54. The topological polar surface area (TPSA) is 62.5 Å². The van der Waals surface area contributed by atoms with Gasteiger partial charge in [0, 0.05) is 13.7 Å². The minimum atomic E-state index is -0.927. The molecule has 2 unspecified atom stereocenters. The Hall–Kier alpha value is -0.630. The number of aliphatic hydroxyl groups excluding tert-OH is 1. The molecule has 1 N–H and O–H groups in total. The fourth-order valence-corrected chi connectivity index (χ4v) is 0.814. The fraction of sp³-hybridized carbons (Fsp3) is 0.889. The number of rotatable bonds is 6. The molecular formula is C9H17NO3. The van der Waals surface area contributed by atoms with E-state index in [0.29, 0.717) is 13.0 Å². The van der Waals surface area contributed by atoms with Crippen molar-refractivity contribution in [3.63, 3.8) is 0 Å². The van der Waals surface area contributed by atoms with Crippen LogP contribution in [0.25, 0.3) is 0 Å². The smallest absolute Gasteiger partial charge is 0.176 e. The molecule has 76 valence electrons. The van der Waals surface area contributed by atoms with E-state index in [4.69, 9.17) is 19.8 Å². The number of ether oxygens (including phenoxy) is 2. The van der Waals surface area contributed by atoms with Gasteiger partial charge in [0.05, 0.1) is 12.7 Å². The molecule has 4 heteroatoms. The first-order chi connectivity index (χ1) is 6.10. The predicted molar refractivity (Wildman–Crippen MR) is 48.1 cm³/mol. The zero-order chi connectivity index (χ0) is 10.3. The second-order valence-corrected chi connectivity index (χ2v) is 3.02. The monoisotopic (exact) mass is 187 g/mol. The molecule has 0 rings (SSSR count).